The molecule has 4 saturated carbocycles. The standard InChI is InChI=1S/C40H52N2P2/c43-26-36-31-20-27-19-28(21-31)25-39(36,24-27)34-22-32(29-11-3-1-4-12-29)33(30-13-5-2-6-14-30)23-35(34)40(44,37-15-7-9-17-41-37)38-16-8-10-18-42-38/h1-6,11-14,22-23,27-28,31,36-38,41-42H,7-10,15-21,24-26,43-44H2. The molecule has 2 aliphatic heterocycles. The van der Waals surface area contributed by atoms with Gasteiger partial charge in [-0.1, -0.05) is 73.5 Å². The molecule has 9 rings (SSSR count). The second kappa shape index (κ2) is 12.2. The van der Waals surface area contributed by atoms with E-state index in [-0.39, 0.29) is 10.6 Å². The minimum absolute atomic E-state index is 0.0519. The molecule has 2 N–H and O–H groups in total. The highest BCUT2D eigenvalue weighted by Gasteiger charge is 2.59. The minimum atomic E-state index is -0.0519. The van der Waals surface area contributed by atoms with Crippen molar-refractivity contribution >= 4 is 18.5 Å². The molecule has 4 bridgehead atoms. The first kappa shape index (κ1) is 29.8. The van der Waals surface area contributed by atoms with Gasteiger partial charge in [0, 0.05) is 17.2 Å². The molecule has 2 nitrogen and oxygen atoms in total. The molecule has 0 radical (unpaired) electrons. The molecule has 7 unspecified atom stereocenters. The van der Waals surface area contributed by atoms with Crippen molar-refractivity contribution in [3.05, 3.63) is 83.9 Å². The van der Waals surface area contributed by atoms with E-state index >= 15 is 0 Å². The summed E-state index contributed by atoms with van der Waals surface area (Å²) in [6.07, 6.45) is 16.2. The molecule has 232 valence electrons. The van der Waals surface area contributed by atoms with E-state index in [0.29, 0.717) is 12.1 Å². The van der Waals surface area contributed by atoms with Crippen LogP contribution in [0.25, 0.3) is 22.3 Å². The Kier molecular flexibility index (Phi) is 8.29. The Bertz CT molecular complexity index is 1410. The summed E-state index contributed by atoms with van der Waals surface area (Å²) in [6.45, 7) is 2.28. The van der Waals surface area contributed by atoms with Crippen LogP contribution in [0.5, 0.6) is 0 Å². The highest BCUT2D eigenvalue weighted by atomic mass is 31.0. The highest BCUT2D eigenvalue weighted by Crippen LogP contribution is 2.66. The monoisotopic (exact) mass is 622 g/mol. The van der Waals surface area contributed by atoms with E-state index in [1.165, 1.54) is 99.0 Å². The minimum Gasteiger partial charge on any atom is -0.313 e. The van der Waals surface area contributed by atoms with Gasteiger partial charge in [-0.25, -0.2) is 0 Å². The average molecular weight is 623 g/mol. The Labute approximate surface area is 270 Å². The van der Waals surface area contributed by atoms with E-state index in [9.17, 15) is 0 Å². The van der Waals surface area contributed by atoms with Crippen LogP contribution in [0.3, 0.4) is 0 Å². The van der Waals surface area contributed by atoms with Crippen molar-refractivity contribution in [3.63, 3.8) is 0 Å². The van der Waals surface area contributed by atoms with Crippen LogP contribution in [0.2, 0.25) is 0 Å². The van der Waals surface area contributed by atoms with Crippen molar-refractivity contribution in [1.82, 2.24) is 10.6 Å². The molecular formula is C40H52N2P2. The zero-order valence-corrected chi connectivity index (χ0v) is 28.8. The Morgan fingerprint density at radius 3 is 1.75 bits per heavy atom. The lowest BCUT2D eigenvalue weighted by Gasteiger charge is -2.63. The Morgan fingerprint density at radius 1 is 0.705 bits per heavy atom. The molecule has 0 spiro atoms. The predicted molar refractivity (Wildman–Crippen MR) is 193 cm³/mol. The molecule has 4 heteroatoms. The quantitative estimate of drug-likeness (QED) is 0.257. The fourth-order valence-corrected chi connectivity index (χ4v) is 12.8. The first-order chi connectivity index (χ1) is 21.6. The third-order valence-corrected chi connectivity index (χ3v) is 14.5. The van der Waals surface area contributed by atoms with Gasteiger partial charge in [-0.15, -0.1) is 18.5 Å². The number of hydrogen-bond acceptors (Lipinski definition) is 2. The van der Waals surface area contributed by atoms with E-state index in [0.717, 1.165) is 36.8 Å². The van der Waals surface area contributed by atoms with Crippen LogP contribution in [-0.4, -0.2) is 31.3 Å². The second-order valence-electron chi connectivity index (χ2n) is 15.2. The molecule has 2 saturated heterocycles. The van der Waals surface area contributed by atoms with Crippen molar-refractivity contribution in [2.24, 2.45) is 23.7 Å². The van der Waals surface area contributed by atoms with Crippen molar-refractivity contribution in [3.8, 4) is 22.3 Å². The van der Waals surface area contributed by atoms with E-state index in [1.807, 2.05) is 0 Å². The summed E-state index contributed by atoms with van der Waals surface area (Å²) in [6, 6.07) is 29.0. The SMILES string of the molecule is PCC1C2CC3CC(C2)CC1(c1cc(-c2ccccc2)c(-c2ccccc2)cc1C(P)(C1CCCCN1)C1CCCCN1)C3. The fourth-order valence-electron chi connectivity index (χ4n) is 11.2. The first-order valence-electron chi connectivity index (χ1n) is 17.9. The lowest BCUT2D eigenvalue weighted by Crippen LogP contribution is -2.61. The summed E-state index contributed by atoms with van der Waals surface area (Å²) >= 11 is 0. The smallest absolute Gasteiger partial charge is 0.0405 e. The van der Waals surface area contributed by atoms with Gasteiger partial charge in [-0.3, -0.25) is 0 Å². The molecule has 6 fully saturated rings. The van der Waals surface area contributed by atoms with Gasteiger partial charge in [0.05, 0.1) is 0 Å². The van der Waals surface area contributed by atoms with Gasteiger partial charge >= 0.3 is 0 Å². The number of piperidine rings is 2. The van der Waals surface area contributed by atoms with Gasteiger partial charge in [-0.2, -0.15) is 0 Å². The number of benzene rings is 3. The summed E-state index contributed by atoms with van der Waals surface area (Å²) in [5.74, 6) is 3.46. The van der Waals surface area contributed by atoms with Crippen molar-refractivity contribution in [1.29, 1.82) is 0 Å². The fraction of sp³-hybridized carbons (Fsp3) is 0.550. The van der Waals surface area contributed by atoms with Gasteiger partial charge in [0.25, 0.3) is 0 Å². The van der Waals surface area contributed by atoms with Gasteiger partial charge in [0.15, 0.2) is 0 Å². The van der Waals surface area contributed by atoms with Crippen molar-refractivity contribution in [2.75, 3.05) is 19.3 Å². The second-order valence-corrected chi connectivity index (χ2v) is 16.6. The number of hydrogen-bond donors (Lipinski definition) is 2. The number of rotatable bonds is 7. The first-order valence-corrected chi connectivity index (χ1v) is 19.2. The van der Waals surface area contributed by atoms with Crippen LogP contribution >= 0.6 is 18.5 Å². The predicted octanol–water partition coefficient (Wildman–Crippen LogP) is 8.94. The largest absolute Gasteiger partial charge is 0.313 e. The lowest BCUT2D eigenvalue weighted by molar-refractivity contribution is -0.0525. The van der Waals surface area contributed by atoms with Crippen LogP contribution < -0.4 is 10.6 Å². The molecule has 2 heterocycles. The molecular weight excluding hydrogens is 570 g/mol. The summed E-state index contributed by atoms with van der Waals surface area (Å²) in [5.41, 5.74) is 9.16. The van der Waals surface area contributed by atoms with Crippen LogP contribution in [0.15, 0.2) is 72.8 Å². The van der Waals surface area contributed by atoms with Crippen LogP contribution in [0, 0.1) is 23.7 Å². The normalized spacial score (nSPS) is 34.5. The topological polar surface area (TPSA) is 24.1 Å². The maximum atomic E-state index is 4.12. The van der Waals surface area contributed by atoms with Crippen LogP contribution in [0.4, 0.5) is 0 Å². The lowest BCUT2D eigenvalue weighted by atomic mass is 9.43. The molecule has 7 atom stereocenters. The molecule has 6 aliphatic rings. The van der Waals surface area contributed by atoms with E-state index < -0.39 is 0 Å². The van der Waals surface area contributed by atoms with E-state index in [1.54, 1.807) is 11.1 Å². The Balaban J connectivity index is 1.43. The van der Waals surface area contributed by atoms with E-state index in [4.69, 9.17) is 0 Å². The summed E-state index contributed by atoms with van der Waals surface area (Å²) in [4.78, 5) is 0. The zero-order chi connectivity index (χ0) is 29.7. The van der Waals surface area contributed by atoms with Crippen LogP contribution in [-0.2, 0) is 10.6 Å². The molecule has 4 aliphatic carbocycles. The maximum absolute atomic E-state index is 4.12. The third kappa shape index (κ3) is 4.98. The van der Waals surface area contributed by atoms with Gasteiger partial charge in [-0.05, 0) is 152 Å². The summed E-state index contributed by atoms with van der Waals surface area (Å²) < 4.78 is 0. The molecule has 44 heavy (non-hydrogen) atoms. The van der Waals surface area contributed by atoms with Gasteiger partial charge in [0.1, 0.15) is 0 Å². The Hall–Kier alpha value is -1.56. The van der Waals surface area contributed by atoms with Crippen molar-refractivity contribution < 1.29 is 0 Å². The Morgan fingerprint density at radius 2 is 1.25 bits per heavy atom. The number of nitrogens with one attached hydrogen (secondary N) is 2. The summed E-state index contributed by atoms with van der Waals surface area (Å²) in [5, 5.41) is 8.19. The van der Waals surface area contributed by atoms with Crippen LogP contribution in [0.1, 0.15) is 81.8 Å². The highest BCUT2D eigenvalue weighted by molar-refractivity contribution is 7.18. The molecule has 3 aromatic carbocycles. The molecule has 0 amide bonds. The molecule has 0 aromatic heterocycles. The van der Waals surface area contributed by atoms with Gasteiger partial charge in [0.2, 0.25) is 0 Å². The average Bonchev–Trinajstić information content (AvgIpc) is 3.08. The summed E-state index contributed by atoms with van der Waals surface area (Å²) in [7, 11) is 6.84. The molecule has 3 aromatic rings. The zero-order valence-electron chi connectivity index (χ0n) is 26.4. The van der Waals surface area contributed by atoms with E-state index in [2.05, 4.69) is 102 Å². The maximum Gasteiger partial charge on any atom is 0.0405 e. The third-order valence-electron chi connectivity index (χ3n) is 12.9. The van der Waals surface area contributed by atoms with Gasteiger partial charge < -0.3 is 10.6 Å². The van der Waals surface area contributed by atoms with Crippen molar-refractivity contribution in [2.45, 2.75) is 93.3 Å².